The molecule has 2 N–H and O–H groups in total. The maximum atomic E-state index is 5.99. The Morgan fingerprint density at radius 2 is 2.36 bits per heavy atom. The molecule has 1 aliphatic carbocycles. The number of guanidine groups is 1. The molecule has 1 aromatic heterocycles. The number of ether oxygens (including phenoxy) is 1. The maximum absolute atomic E-state index is 5.99. The fourth-order valence-corrected chi connectivity index (χ4v) is 3.32. The second-order valence-electron chi connectivity index (χ2n) is 6.31. The number of nitrogens with zero attached hydrogens (tertiary/aromatic N) is 1. The molecule has 0 bridgehead atoms. The van der Waals surface area contributed by atoms with E-state index in [1.54, 1.807) is 6.26 Å². The minimum Gasteiger partial charge on any atom is -0.469 e. The summed E-state index contributed by atoms with van der Waals surface area (Å²) in [5, 5.41) is 6.93. The van der Waals surface area contributed by atoms with Gasteiger partial charge in [-0.2, -0.15) is 0 Å². The molecule has 1 saturated carbocycles. The van der Waals surface area contributed by atoms with Gasteiger partial charge in [0.2, 0.25) is 0 Å². The van der Waals surface area contributed by atoms with Crippen molar-refractivity contribution in [3.63, 3.8) is 0 Å². The molecule has 2 heterocycles. The van der Waals surface area contributed by atoms with Gasteiger partial charge < -0.3 is 19.8 Å². The molecule has 1 saturated heterocycles. The monoisotopic (exact) mass is 305 g/mol. The SMILES string of the molecule is CCNC(=NCCc1ccco1)NC1CCOC2(CCC2)C1. The number of hydrogen-bond acceptors (Lipinski definition) is 3. The van der Waals surface area contributed by atoms with Gasteiger partial charge in [-0.3, -0.25) is 4.99 Å². The second kappa shape index (κ2) is 7.18. The van der Waals surface area contributed by atoms with Crippen molar-refractivity contribution in [2.45, 2.75) is 57.1 Å². The van der Waals surface area contributed by atoms with Crippen molar-refractivity contribution < 1.29 is 9.15 Å². The molecule has 3 rings (SSSR count). The largest absolute Gasteiger partial charge is 0.469 e. The molecular weight excluding hydrogens is 278 g/mol. The predicted molar refractivity (Wildman–Crippen MR) is 87.1 cm³/mol. The fraction of sp³-hybridized carbons (Fsp3) is 0.706. The summed E-state index contributed by atoms with van der Waals surface area (Å²) in [6, 6.07) is 4.38. The van der Waals surface area contributed by atoms with Crippen molar-refractivity contribution in [1.29, 1.82) is 0 Å². The van der Waals surface area contributed by atoms with Crippen molar-refractivity contribution in [2.24, 2.45) is 4.99 Å². The van der Waals surface area contributed by atoms with E-state index in [0.717, 1.165) is 50.7 Å². The minimum absolute atomic E-state index is 0.168. The summed E-state index contributed by atoms with van der Waals surface area (Å²) in [5.74, 6) is 1.90. The molecule has 2 fully saturated rings. The quantitative estimate of drug-likeness (QED) is 0.648. The summed E-state index contributed by atoms with van der Waals surface area (Å²) in [6.07, 6.45) is 8.46. The molecule has 1 aliphatic heterocycles. The molecular formula is C17H27N3O2. The van der Waals surface area contributed by atoms with E-state index >= 15 is 0 Å². The minimum atomic E-state index is 0.168. The van der Waals surface area contributed by atoms with Crippen molar-refractivity contribution in [3.05, 3.63) is 24.2 Å². The maximum Gasteiger partial charge on any atom is 0.191 e. The van der Waals surface area contributed by atoms with Crippen LogP contribution in [0, 0.1) is 0 Å². The molecule has 1 spiro atoms. The lowest BCUT2D eigenvalue weighted by atomic mass is 9.74. The summed E-state index contributed by atoms with van der Waals surface area (Å²) in [7, 11) is 0. The Morgan fingerprint density at radius 1 is 1.45 bits per heavy atom. The molecule has 2 aliphatic rings. The van der Waals surface area contributed by atoms with Crippen molar-refractivity contribution in [2.75, 3.05) is 19.7 Å². The molecule has 5 heteroatoms. The molecule has 1 atom stereocenters. The summed E-state index contributed by atoms with van der Waals surface area (Å²) < 4.78 is 11.3. The van der Waals surface area contributed by atoms with Crippen LogP contribution in [-0.2, 0) is 11.2 Å². The molecule has 0 amide bonds. The highest BCUT2D eigenvalue weighted by Crippen LogP contribution is 2.42. The third-order valence-electron chi connectivity index (χ3n) is 4.65. The normalized spacial score (nSPS) is 24.0. The molecule has 0 aromatic carbocycles. The second-order valence-corrected chi connectivity index (χ2v) is 6.31. The zero-order valence-corrected chi connectivity index (χ0v) is 13.4. The van der Waals surface area contributed by atoms with Crippen molar-refractivity contribution in [1.82, 2.24) is 10.6 Å². The van der Waals surface area contributed by atoms with E-state index in [2.05, 4.69) is 22.5 Å². The predicted octanol–water partition coefficient (Wildman–Crippen LogP) is 2.48. The third-order valence-corrected chi connectivity index (χ3v) is 4.65. The zero-order chi connectivity index (χ0) is 15.3. The topological polar surface area (TPSA) is 58.8 Å². The van der Waals surface area contributed by atoms with Crippen LogP contribution in [0.3, 0.4) is 0 Å². The van der Waals surface area contributed by atoms with Gasteiger partial charge >= 0.3 is 0 Å². The third kappa shape index (κ3) is 3.83. The Kier molecular flexibility index (Phi) is 5.03. The molecule has 5 nitrogen and oxygen atoms in total. The number of hydrogen-bond donors (Lipinski definition) is 2. The molecule has 0 radical (unpaired) electrons. The van der Waals surface area contributed by atoms with Crippen LogP contribution in [0.2, 0.25) is 0 Å². The van der Waals surface area contributed by atoms with E-state index in [4.69, 9.17) is 9.15 Å². The number of aliphatic imine (C=N–C) groups is 1. The first kappa shape index (κ1) is 15.4. The van der Waals surface area contributed by atoms with E-state index in [9.17, 15) is 0 Å². The summed E-state index contributed by atoms with van der Waals surface area (Å²) in [5.41, 5.74) is 0.168. The van der Waals surface area contributed by atoms with Crippen LogP contribution in [0.15, 0.2) is 27.8 Å². The Balaban J connectivity index is 1.51. The van der Waals surface area contributed by atoms with E-state index in [1.165, 1.54) is 19.3 Å². The standard InChI is InChI=1S/C17H27N3O2/c1-2-18-16(19-10-6-15-5-3-11-21-15)20-14-7-12-22-17(13-14)8-4-9-17/h3,5,11,14H,2,4,6-10,12-13H2,1H3,(H2,18,19,20). The number of rotatable bonds is 5. The van der Waals surface area contributed by atoms with Gasteiger partial charge in [0, 0.05) is 32.2 Å². The van der Waals surface area contributed by atoms with Gasteiger partial charge in [0.15, 0.2) is 5.96 Å². The van der Waals surface area contributed by atoms with Crippen LogP contribution in [0.5, 0.6) is 0 Å². The molecule has 1 aromatic rings. The van der Waals surface area contributed by atoms with Crippen molar-refractivity contribution in [3.8, 4) is 0 Å². The first-order valence-electron chi connectivity index (χ1n) is 8.51. The molecule has 122 valence electrons. The molecule has 22 heavy (non-hydrogen) atoms. The van der Waals surface area contributed by atoms with Gasteiger partial charge in [-0.05, 0) is 51.2 Å². The van der Waals surface area contributed by atoms with Crippen LogP contribution in [0.25, 0.3) is 0 Å². The van der Waals surface area contributed by atoms with Crippen LogP contribution >= 0.6 is 0 Å². The Labute approximate surface area is 132 Å². The van der Waals surface area contributed by atoms with Gasteiger partial charge in [0.1, 0.15) is 5.76 Å². The zero-order valence-electron chi connectivity index (χ0n) is 13.4. The average molecular weight is 305 g/mol. The van der Waals surface area contributed by atoms with Gasteiger partial charge in [0.25, 0.3) is 0 Å². The van der Waals surface area contributed by atoms with Crippen LogP contribution in [-0.4, -0.2) is 37.3 Å². The van der Waals surface area contributed by atoms with E-state index in [-0.39, 0.29) is 5.60 Å². The Morgan fingerprint density at radius 3 is 3.05 bits per heavy atom. The summed E-state index contributed by atoms with van der Waals surface area (Å²) in [6.45, 7) is 4.57. The number of furan rings is 1. The summed E-state index contributed by atoms with van der Waals surface area (Å²) >= 11 is 0. The van der Waals surface area contributed by atoms with E-state index < -0.39 is 0 Å². The van der Waals surface area contributed by atoms with Crippen LogP contribution < -0.4 is 10.6 Å². The number of nitrogens with one attached hydrogen (secondary N) is 2. The van der Waals surface area contributed by atoms with Gasteiger partial charge in [-0.25, -0.2) is 0 Å². The lowest BCUT2D eigenvalue weighted by molar-refractivity contribution is -0.134. The first-order valence-corrected chi connectivity index (χ1v) is 8.51. The highest BCUT2D eigenvalue weighted by atomic mass is 16.5. The summed E-state index contributed by atoms with van der Waals surface area (Å²) in [4.78, 5) is 4.67. The van der Waals surface area contributed by atoms with Gasteiger partial charge in [-0.15, -0.1) is 0 Å². The average Bonchev–Trinajstić information content (AvgIpc) is 2.99. The van der Waals surface area contributed by atoms with Gasteiger partial charge in [0.05, 0.1) is 11.9 Å². The highest BCUT2D eigenvalue weighted by molar-refractivity contribution is 5.80. The Hall–Kier alpha value is -1.49. The lowest BCUT2D eigenvalue weighted by Gasteiger charge is -2.47. The smallest absolute Gasteiger partial charge is 0.191 e. The Bertz CT molecular complexity index is 480. The lowest BCUT2D eigenvalue weighted by Crippen LogP contribution is -2.54. The highest BCUT2D eigenvalue weighted by Gasteiger charge is 2.42. The van der Waals surface area contributed by atoms with E-state index in [0.29, 0.717) is 6.04 Å². The fourth-order valence-electron chi connectivity index (χ4n) is 3.32. The van der Waals surface area contributed by atoms with Gasteiger partial charge in [-0.1, -0.05) is 0 Å². The van der Waals surface area contributed by atoms with Crippen LogP contribution in [0.4, 0.5) is 0 Å². The van der Waals surface area contributed by atoms with Crippen molar-refractivity contribution >= 4 is 5.96 Å². The van der Waals surface area contributed by atoms with Crippen LogP contribution in [0.1, 0.15) is 44.8 Å². The molecule has 1 unspecified atom stereocenters. The first-order chi connectivity index (χ1) is 10.8. The van der Waals surface area contributed by atoms with E-state index in [1.807, 2.05) is 12.1 Å².